The van der Waals surface area contributed by atoms with Crippen LogP contribution < -0.4 is 5.32 Å². The topological polar surface area (TPSA) is 24.9 Å². The molecule has 2 rings (SSSR count). The molecule has 86 valence electrons. The Morgan fingerprint density at radius 3 is 2.62 bits per heavy atom. The summed E-state index contributed by atoms with van der Waals surface area (Å²) in [4.78, 5) is 5.83. The molecule has 0 aliphatic carbocycles. The van der Waals surface area contributed by atoms with Gasteiger partial charge in [0.2, 0.25) is 0 Å². The second-order valence-corrected chi connectivity index (χ2v) is 6.01. The van der Waals surface area contributed by atoms with E-state index in [9.17, 15) is 0 Å². The highest BCUT2D eigenvalue weighted by Gasteiger charge is 2.17. The largest absolute Gasteiger partial charge is 0.354 e. The molecule has 0 aliphatic rings. The smallest absolute Gasteiger partial charge is 0.183 e. The van der Waals surface area contributed by atoms with Crippen LogP contribution >= 0.6 is 22.7 Å². The van der Waals surface area contributed by atoms with Crippen LogP contribution in [0.25, 0.3) is 0 Å². The maximum atomic E-state index is 4.45. The quantitative estimate of drug-likeness (QED) is 0.876. The van der Waals surface area contributed by atoms with Crippen LogP contribution in [0.3, 0.4) is 0 Å². The minimum absolute atomic E-state index is 0.366. The molecule has 0 aliphatic heterocycles. The molecule has 4 heteroatoms. The van der Waals surface area contributed by atoms with Crippen molar-refractivity contribution >= 4 is 27.8 Å². The highest BCUT2D eigenvalue weighted by molar-refractivity contribution is 7.13. The summed E-state index contributed by atoms with van der Waals surface area (Å²) < 4.78 is 0. The predicted octanol–water partition coefficient (Wildman–Crippen LogP) is 4.32. The maximum Gasteiger partial charge on any atom is 0.183 e. The SMILES string of the molecule is Cc1csc(NC(c2cccs2)C(C)C)n1. The van der Waals surface area contributed by atoms with Gasteiger partial charge in [-0.1, -0.05) is 19.9 Å². The van der Waals surface area contributed by atoms with Crippen molar-refractivity contribution in [1.29, 1.82) is 0 Å². The second-order valence-electron chi connectivity index (χ2n) is 4.18. The Morgan fingerprint density at radius 1 is 1.31 bits per heavy atom. The lowest BCUT2D eigenvalue weighted by molar-refractivity contribution is 0.553. The highest BCUT2D eigenvalue weighted by Crippen LogP contribution is 2.30. The molecule has 16 heavy (non-hydrogen) atoms. The van der Waals surface area contributed by atoms with Gasteiger partial charge in [0.1, 0.15) is 0 Å². The molecule has 1 N–H and O–H groups in total. The number of hydrogen-bond acceptors (Lipinski definition) is 4. The van der Waals surface area contributed by atoms with Crippen molar-refractivity contribution in [2.75, 3.05) is 5.32 Å². The molecule has 0 aromatic carbocycles. The average Bonchev–Trinajstić information content (AvgIpc) is 2.84. The fourth-order valence-corrected chi connectivity index (χ4v) is 3.26. The average molecular weight is 252 g/mol. The van der Waals surface area contributed by atoms with Gasteiger partial charge in [0, 0.05) is 10.3 Å². The molecule has 0 spiro atoms. The van der Waals surface area contributed by atoms with Crippen molar-refractivity contribution in [3.8, 4) is 0 Å². The van der Waals surface area contributed by atoms with Crippen molar-refractivity contribution in [3.63, 3.8) is 0 Å². The third-order valence-electron chi connectivity index (χ3n) is 2.41. The highest BCUT2D eigenvalue weighted by atomic mass is 32.1. The number of aromatic nitrogens is 1. The molecule has 2 aromatic rings. The predicted molar refractivity (Wildman–Crippen MR) is 72.4 cm³/mol. The summed E-state index contributed by atoms with van der Waals surface area (Å²) in [6.07, 6.45) is 0. The first-order chi connectivity index (χ1) is 7.66. The van der Waals surface area contributed by atoms with Crippen LogP contribution in [0.2, 0.25) is 0 Å². The Bertz CT molecular complexity index is 432. The zero-order valence-corrected chi connectivity index (χ0v) is 11.4. The Kier molecular flexibility index (Phi) is 3.61. The minimum Gasteiger partial charge on any atom is -0.354 e. The Balaban J connectivity index is 2.15. The van der Waals surface area contributed by atoms with E-state index >= 15 is 0 Å². The minimum atomic E-state index is 0.366. The molecule has 0 bridgehead atoms. The number of anilines is 1. The summed E-state index contributed by atoms with van der Waals surface area (Å²) in [6.45, 7) is 6.49. The van der Waals surface area contributed by atoms with Crippen LogP contribution in [-0.2, 0) is 0 Å². The Labute approximate surface area is 104 Å². The van der Waals surface area contributed by atoms with Gasteiger partial charge in [-0.3, -0.25) is 0 Å². The fourth-order valence-electron chi connectivity index (χ4n) is 1.59. The van der Waals surface area contributed by atoms with Crippen LogP contribution in [0.4, 0.5) is 5.13 Å². The van der Waals surface area contributed by atoms with Crippen molar-refractivity contribution in [1.82, 2.24) is 4.98 Å². The van der Waals surface area contributed by atoms with E-state index in [0.29, 0.717) is 12.0 Å². The zero-order valence-electron chi connectivity index (χ0n) is 9.73. The van der Waals surface area contributed by atoms with E-state index in [0.717, 1.165) is 10.8 Å². The number of nitrogens with zero attached hydrogens (tertiary/aromatic N) is 1. The normalized spacial score (nSPS) is 13.0. The zero-order chi connectivity index (χ0) is 11.5. The summed E-state index contributed by atoms with van der Waals surface area (Å²) >= 11 is 3.47. The number of hydrogen-bond donors (Lipinski definition) is 1. The van der Waals surface area contributed by atoms with Gasteiger partial charge in [-0.15, -0.1) is 22.7 Å². The van der Waals surface area contributed by atoms with E-state index in [1.54, 1.807) is 22.7 Å². The first kappa shape index (κ1) is 11.6. The van der Waals surface area contributed by atoms with E-state index in [2.05, 4.69) is 47.0 Å². The van der Waals surface area contributed by atoms with Gasteiger partial charge in [0.05, 0.1) is 11.7 Å². The lowest BCUT2D eigenvalue weighted by Crippen LogP contribution is -2.15. The molecule has 0 saturated heterocycles. The lowest BCUT2D eigenvalue weighted by atomic mass is 10.0. The van der Waals surface area contributed by atoms with Gasteiger partial charge in [0.15, 0.2) is 5.13 Å². The second kappa shape index (κ2) is 4.97. The molecule has 0 amide bonds. The van der Waals surface area contributed by atoms with E-state index in [-0.39, 0.29) is 0 Å². The molecule has 2 aromatic heterocycles. The number of aryl methyl sites for hydroxylation is 1. The summed E-state index contributed by atoms with van der Waals surface area (Å²) in [5.74, 6) is 0.558. The van der Waals surface area contributed by atoms with Crippen LogP contribution in [-0.4, -0.2) is 4.98 Å². The summed E-state index contributed by atoms with van der Waals surface area (Å²) in [5, 5.41) is 8.74. The van der Waals surface area contributed by atoms with Crippen molar-refractivity contribution in [2.24, 2.45) is 5.92 Å². The maximum absolute atomic E-state index is 4.45. The van der Waals surface area contributed by atoms with Crippen LogP contribution in [0.5, 0.6) is 0 Å². The number of thiazole rings is 1. The van der Waals surface area contributed by atoms with Crippen molar-refractivity contribution in [3.05, 3.63) is 33.5 Å². The van der Waals surface area contributed by atoms with Gasteiger partial charge in [-0.25, -0.2) is 4.98 Å². The molecule has 2 nitrogen and oxygen atoms in total. The molecule has 1 unspecified atom stereocenters. The Hall–Kier alpha value is -0.870. The monoisotopic (exact) mass is 252 g/mol. The van der Waals surface area contributed by atoms with E-state index in [1.807, 2.05) is 6.92 Å². The van der Waals surface area contributed by atoms with Crippen LogP contribution in [0.1, 0.15) is 30.5 Å². The standard InChI is InChI=1S/C12H16N2S2/c1-8(2)11(10-5-4-6-15-10)14-12-13-9(3)7-16-12/h4-8,11H,1-3H3,(H,13,14). The number of thiophene rings is 1. The molecule has 2 heterocycles. The van der Waals surface area contributed by atoms with E-state index in [1.165, 1.54) is 4.88 Å². The first-order valence-electron chi connectivity index (χ1n) is 5.39. The van der Waals surface area contributed by atoms with Gasteiger partial charge in [0.25, 0.3) is 0 Å². The molecular formula is C12H16N2S2. The third kappa shape index (κ3) is 2.62. The van der Waals surface area contributed by atoms with Crippen molar-refractivity contribution < 1.29 is 0 Å². The molecular weight excluding hydrogens is 236 g/mol. The summed E-state index contributed by atoms with van der Waals surface area (Å²) in [7, 11) is 0. The number of nitrogens with one attached hydrogen (secondary N) is 1. The van der Waals surface area contributed by atoms with Gasteiger partial charge in [-0.05, 0) is 24.3 Å². The van der Waals surface area contributed by atoms with Crippen LogP contribution in [0.15, 0.2) is 22.9 Å². The molecule has 0 radical (unpaired) electrons. The van der Waals surface area contributed by atoms with Crippen molar-refractivity contribution in [2.45, 2.75) is 26.8 Å². The fraction of sp³-hybridized carbons (Fsp3) is 0.417. The Morgan fingerprint density at radius 2 is 2.12 bits per heavy atom. The molecule has 0 saturated carbocycles. The molecule has 1 atom stereocenters. The molecule has 0 fully saturated rings. The van der Waals surface area contributed by atoms with Gasteiger partial charge >= 0.3 is 0 Å². The summed E-state index contributed by atoms with van der Waals surface area (Å²) in [6, 6.07) is 4.65. The number of rotatable bonds is 4. The third-order valence-corrected chi connectivity index (χ3v) is 4.26. The van der Waals surface area contributed by atoms with Gasteiger partial charge < -0.3 is 5.32 Å². The van der Waals surface area contributed by atoms with E-state index < -0.39 is 0 Å². The summed E-state index contributed by atoms with van der Waals surface area (Å²) in [5.41, 5.74) is 1.08. The first-order valence-corrected chi connectivity index (χ1v) is 7.15. The van der Waals surface area contributed by atoms with Crippen LogP contribution in [0, 0.1) is 12.8 Å². The van der Waals surface area contributed by atoms with Gasteiger partial charge in [-0.2, -0.15) is 0 Å². The lowest BCUT2D eigenvalue weighted by Gasteiger charge is -2.20. The van der Waals surface area contributed by atoms with E-state index in [4.69, 9.17) is 0 Å².